The van der Waals surface area contributed by atoms with E-state index in [1.54, 1.807) is 12.1 Å². The highest BCUT2D eigenvalue weighted by atomic mass is 32.2. The monoisotopic (exact) mass is 395 g/mol. The second-order valence-corrected chi connectivity index (χ2v) is 6.27. The number of carbonyl (C=O) groups excluding carboxylic acids is 1. The number of aromatic hydroxyl groups is 1. The number of halogens is 3. The topological polar surface area (TPSA) is 88.2 Å². The van der Waals surface area contributed by atoms with Crippen molar-refractivity contribution >= 4 is 23.4 Å². The highest BCUT2D eigenvalue weighted by Crippen LogP contribution is 2.31. The van der Waals surface area contributed by atoms with Crippen LogP contribution in [-0.4, -0.2) is 27.0 Å². The summed E-state index contributed by atoms with van der Waals surface area (Å²) in [5, 5.41) is 19.6. The van der Waals surface area contributed by atoms with Gasteiger partial charge < -0.3 is 14.8 Å². The summed E-state index contributed by atoms with van der Waals surface area (Å²) in [7, 11) is 0. The van der Waals surface area contributed by atoms with Gasteiger partial charge in [0.1, 0.15) is 5.75 Å². The number of alkyl halides is 3. The van der Waals surface area contributed by atoms with Gasteiger partial charge in [-0.05, 0) is 36.4 Å². The zero-order valence-electron chi connectivity index (χ0n) is 13.5. The molecular weight excluding hydrogens is 383 g/mol. The fourth-order valence-corrected chi connectivity index (χ4v) is 2.68. The van der Waals surface area contributed by atoms with E-state index in [1.165, 1.54) is 24.3 Å². The Morgan fingerprint density at radius 3 is 2.67 bits per heavy atom. The number of thioether (sulfide) groups is 1. The molecule has 0 saturated carbocycles. The molecule has 3 aromatic rings. The second-order valence-electron chi connectivity index (χ2n) is 5.34. The summed E-state index contributed by atoms with van der Waals surface area (Å²) in [6.45, 7) is 0. The molecule has 2 N–H and O–H groups in total. The third-order valence-corrected chi connectivity index (χ3v) is 4.12. The Hall–Kier alpha value is -3.01. The molecular formula is C17H12F3N3O3S. The number of phenols is 1. The smallest absolute Gasteiger partial charge is 0.416 e. The van der Waals surface area contributed by atoms with E-state index >= 15 is 0 Å². The van der Waals surface area contributed by atoms with E-state index in [2.05, 4.69) is 15.5 Å². The van der Waals surface area contributed by atoms with Gasteiger partial charge in [-0.2, -0.15) is 13.2 Å². The van der Waals surface area contributed by atoms with Crippen molar-refractivity contribution < 1.29 is 27.5 Å². The lowest BCUT2D eigenvalue weighted by atomic mass is 10.2. The molecule has 1 heterocycles. The third-order valence-electron chi connectivity index (χ3n) is 3.30. The van der Waals surface area contributed by atoms with Gasteiger partial charge in [0.15, 0.2) is 0 Å². The Morgan fingerprint density at radius 1 is 1.15 bits per heavy atom. The van der Waals surface area contributed by atoms with E-state index < -0.39 is 17.6 Å². The van der Waals surface area contributed by atoms with Crippen molar-refractivity contribution in [3.63, 3.8) is 0 Å². The zero-order chi connectivity index (χ0) is 19.4. The molecule has 0 fully saturated rings. The van der Waals surface area contributed by atoms with Crippen molar-refractivity contribution in [2.45, 2.75) is 11.4 Å². The third kappa shape index (κ3) is 5.00. The molecule has 140 valence electrons. The maximum Gasteiger partial charge on any atom is 0.416 e. The first kappa shape index (κ1) is 18.8. The minimum atomic E-state index is -4.48. The molecule has 0 unspecified atom stereocenters. The number of phenolic OH excluding ortho intramolecular Hbond substituents is 1. The molecule has 27 heavy (non-hydrogen) atoms. The number of anilines is 1. The average molecular weight is 395 g/mol. The summed E-state index contributed by atoms with van der Waals surface area (Å²) in [6.07, 6.45) is -4.48. The highest BCUT2D eigenvalue weighted by molar-refractivity contribution is 7.99. The second kappa shape index (κ2) is 7.70. The van der Waals surface area contributed by atoms with Crippen LogP contribution in [0.2, 0.25) is 0 Å². The van der Waals surface area contributed by atoms with Gasteiger partial charge in [-0.25, -0.2) is 0 Å². The average Bonchev–Trinajstić information content (AvgIpc) is 3.09. The number of hydrogen-bond donors (Lipinski definition) is 2. The number of aromatic nitrogens is 2. The number of nitrogens with zero attached hydrogens (tertiary/aromatic N) is 2. The SMILES string of the molecule is O=C(CSc1nnc(-c2cccc(O)c2)o1)Nc1cccc(C(F)(F)F)c1. The maximum absolute atomic E-state index is 12.7. The lowest BCUT2D eigenvalue weighted by molar-refractivity contribution is -0.137. The molecule has 0 aliphatic rings. The van der Waals surface area contributed by atoms with Crippen molar-refractivity contribution in [2.24, 2.45) is 0 Å². The van der Waals surface area contributed by atoms with Gasteiger partial charge in [0.25, 0.3) is 5.22 Å². The van der Waals surface area contributed by atoms with Crippen LogP contribution in [0, 0.1) is 0 Å². The molecule has 1 aromatic heterocycles. The predicted octanol–water partition coefficient (Wildman–Crippen LogP) is 4.19. The molecule has 0 bridgehead atoms. The lowest BCUT2D eigenvalue weighted by Gasteiger charge is -2.09. The van der Waals surface area contributed by atoms with Gasteiger partial charge in [0, 0.05) is 11.3 Å². The molecule has 6 nitrogen and oxygen atoms in total. The van der Waals surface area contributed by atoms with Crippen LogP contribution in [0.25, 0.3) is 11.5 Å². The van der Waals surface area contributed by atoms with E-state index in [1.807, 2.05) is 0 Å². The molecule has 2 aromatic carbocycles. The molecule has 0 aliphatic carbocycles. The van der Waals surface area contributed by atoms with Crippen molar-refractivity contribution in [3.05, 3.63) is 54.1 Å². The van der Waals surface area contributed by atoms with E-state index in [-0.39, 0.29) is 28.3 Å². The van der Waals surface area contributed by atoms with Crippen LogP contribution < -0.4 is 5.32 Å². The number of benzene rings is 2. The first-order valence-electron chi connectivity index (χ1n) is 7.54. The van der Waals surface area contributed by atoms with Crippen LogP contribution in [-0.2, 0) is 11.0 Å². The van der Waals surface area contributed by atoms with E-state index in [9.17, 15) is 23.1 Å². The van der Waals surface area contributed by atoms with Gasteiger partial charge in [-0.15, -0.1) is 10.2 Å². The standard InChI is InChI=1S/C17H12F3N3O3S/c18-17(19,20)11-4-2-5-12(8-11)21-14(25)9-27-16-23-22-15(26-16)10-3-1-6-13(24)7-10/h1-8,24H,9H2,(H,21,25). The fraction of sp³-hybridized carbons (Fsp3) is 0.118. The first-order chi connectivity index (χ1) is 12.8. The normalized spacial score (nSPS) is 11.4. The zero-order valence-corrected chi connectivity index (χ0v) is 14.3. The summed E-state index contributed by atoms with van der Waals surface area (Å²) in [5.74, 6) is -0.429. The van der Waals surface area contributed by atoms with Crippen LogP contribution >= 0.6 is 11.8 Å². The van der Waals surface area contributed by atoms with Crippen LogP contribution in [0.4, 0.5) is 18.9 Å². The fourth-order valence-electron chi connectivity index (χ4n) is 2.12. The molecule has 3 rings (SSSR count). The van der Waals surface area contributed by atoms with Gasteiger partial charge in [-0.3, -0.25) is 4.79 Å². The largest absolute Gasteiger partial charge is 0.508 e. The van der Waals surface area contributed by atoms with E-state index in [0.717, 1.165) is 23.9 Å². The molecule has 0 aliphatic heterocycles. The quantitative estimate of drug-likeness (QED) is 0.630. The van der Waals surface area contributed by atoms with Crippen LogP contribution in [0.5, 0.6) is 5.75 Å². The maximum atomic E-state index is 12.7. The number of rotatable bonds is 5. The molecule has 1 amide bonds. The Labute approximate surface area is 155 Å². The van der Waals surface area contributed by atoms with E-state index in [0.29, 0.717) is 5.56 Å². The molecule has 0 atom stereocenters. The Kier molecular flexibility index (Phi) is 5.36. The van der Waals surface area contributed by atoms with Crippen molar-refractivity contribution in [3.8, 4) is 17.2 Å². The molecule has 0 spiro atoms. The van der Waals surface area contributed by atoms with E-state index in [4.69, 9.17) is 4.42 Å². The Balaban J connectivity index is 1.59. The molecule has 10 heteroatoms. The predicted molar refractivity (Wildman–Crippen MR) is 92.2 cm³/mol. The lowest BCUT2D eigenvalue weighted by Crippen LogP contribution is -2.15. The number of hydrogen-bond acceptors (Lipinski definition) is 6. The van der Waals surface area contributed by atoms with Crippen molar-refractivity contribution in [1.82, 2.24) is 10.2 Å². The Morgan fingerprint density at radius 2 is 1.93 bits per heavy atom. The van der Waals surface area contributed by atoms with Gasteiger partial charge in [-0.1, -0.05) is 23.9 Å². The first-order valence-corrected chi connectivity index (χ1v) is 8.52. The van der Waals surface area contributed by atoms with Gasteiger partial charge in [0.2, 0.25) is 11.8 Å². The van der Waals surface area contributed by atoms with Crippen molar-refractivity contribution in [2.75, 3.05) is 11.1 Å². The van der Waals surface area contributed by atoms with Gasteiger partial charge in [0.05, 0.1) is 11.3 Å². The summed E-state index contributed by atoms with van der Waals surface area (Å²) in [5.41, 5.74) is -0.287. The minimum Gasteiger partial charge on any atom is -0.508 e. The number of carbonyl (C=O) groups is 1. The minimum absolute atomic E-state index is 0.0420. The summed E-state index contributed by atoms with van der Waals surface area (Å²) in [4.78, 5) is 11.9. The van der Waals surface area contributed by atoms with Crippen LogP contribution in [0.1, 0.15) is 5.56 Å². The van der Waals surface area contributed by atoms with Gasteiger partial charge >= 0.3 is 6.18 Å². The summed E-state index contributed by atoms with van der Waals surface area (Å²) >= 11 is 0.940. The van der Waals surface area contributed by atoms with Crippen LogP contribution in [0.3, 0.4) is 0 Å². The number of nitrogens with one attached hydrogen (secondary N) is 1. The Bertz CT molecular complexity index is 960. The number of amides is 1. The molecule has 0 radical (unpaired) electrons. The van der Waals surface area contributed by atoms with Crippen molar-refractivity contribution in [1.29, 1.82) is 0 Å². The highest BCUT2D eigenvalue weighted by Gasteiger charge is 2.30. The van der Waals surface area contributed by atoms with Crippen LogP contribution in [0.15, 0.2) is 58.2 Å². The summed E-state index contributed by atoms with van der Waals surface area (Å²) in [6, 6.07) is 10.6. The molecule has 0 saturated heterocycles. The summed E-state index contributed by atoms with van der Waals surface area (Å²) < 4.78 is 43.4.